The van der Waals surface area contributed by atoms with Crippen molar-refractivity contribution in [2.75, 3.05) is 5.73 Å². The van der Waals surface area contributed by atoms with E-state index in [2.05, 4.69) is 9.97 Å². The third-order valence-electron chi connectivity index (χ3n) is 2.75. The first kappa shape index (κ1) is 17.8. The highest BCUT2D eigenvalue weighted by Crippen LogP contribution is 2.35. The first-order valence-corrected chi connectivity index (χ1v) is 8.17. The molecule has 0 spiro atoms. The normalized spacial score (nSPS) is 12.0. The van der Waals surface area contributed by atoms with Crippen LogP contribution in [0.3, 0.4) is 0 Å². The monoisotopic (exact) mass is 375 g/mol. The van der Waals surface area contributed by atoms with Crippen LogP contribution in [0.1, 0.15) is 12.6 Å². The van der Waals surface area contributed by atoms with Crippen LogP contribution in [-0.4, -0.2) is 21.2 Å². The van der Waals surface area contributed by atoms with Crippen molar-refractivity contribution < 1.29 is 13.9 Å². The second kappa shape index (κ2) is 7.81. The van der Waals surface area contributed by atoms with Crippen LogP contribution in [0.4, 0.5) is 10.1 Å². The van der Waals surface area contributed by atoms with E-state index in [-0.39, 0.29) is 26.7 Å². The number of anilines is 1. The number of rotatable bonds is 5. The summed E-state index contributed by atoms with van der Waals surface area (Å²) in [7, 11) is 0. The van der Waals surface area contributed by atoms with Gasteiger partial charge in [0.15, 0.2) is 6.10 Å². The predicted molar refractivity (Wildman–Crippen MR) is 89.3 cm³/mol. The van der Waals surface area contributed by atoms with E-state index in [1.807, 2.05) is 6.07 Å². The molecule has 0 aromatic carbocycles. The smallest absolute Gasteiger partial charge is 0.238 e. The van der Waals surface area contributed by atoms with Gasteiger partial charge in [-0.1, -0.05) is 41.0 Å². The van der Waals surface area contributed by atoms with E-state index in [0.717, 1.165) is 17.5 Å². The molecule has 0 radical (unpaired) electrons. The Morgan fingerprint density at radius 1 is 1.43 bits per heavy atom. The number of halogens is 3. The minimum Gasteiger partial charge on any atom is -0.464 e. The number of nitrogens with two attached hydrogens (primary N) is 1. The van der Waals surface area contributed by atoms with Crippen LogP contribution >= 0.6 is 35.0 Å². The largest absolute Gasteiger partial charge is 0.464 e. The molecule has 2 aromatic heterocycles. The first-order chi connectivity index (χ1) is 10.9. The topological polar surface area (TPSA) is 78.1 Å². The molecule has 0 fully saturated rings. The van der Waals surface area contributed by atoms with Crippen molar-refractivity contribution in [1.82, 2.24) is 9.97 Å². The maximum absolute atomic E-state index is 13.5. The lowest BCUT2D eigenvalue weighted by Crippen LogP contribution is -2.22. The molecule has 2 aromatic rings. The fraction of sp³-hybridized carbons (Fsp3) is 0.214. The Kier molecular flexibility index (Phi) is 6.04. The number of nitrogens with zero attached hydrogens (tertiary/aromatic N) is 2. The van der Waals surface area contributed by atoms with Gasteiger partial charge in [0.1, 0.15) is 10.0 Å². The minimum atomic E-state index is -1.01. The van der Waals surface area contributed by atoms with Gasteiger partial charge in [-0.2, -0.15) is 9.37 Å². The molecule has 0 aliphatic heterocycles. The van der Waals surface area contributed by atoms with Crippen LogP contribution < -0.4 is 10.5 Å². The molecular weight excluding hydrogens is 364 g/mol. The van der Waals surface area contributed by atoms with Crippen LogP contribution in [0.5, 0.6) is 5.88 Å². The molecular formula is C14H12Cl2FN3O2S. The van der Waals surface area contributed by atoms with Crippen molar-refractivity contribution in [3.63, 3.8) is 0 Å². The molecule has 0 amide bonds. The molecule has 9 heteroatoms. The molecule has 122 valence electrons. The number of carbonyl (C=O) groups is 1. The molecule has 1 atom stereocenters. The fourth-order valence-corrected chi connectivity index (χ4v) is 2.66. The molecule has 23 heavy (non-hydrogen) atoms. The van der Waals surface area contributed by atoms with Crippen LogP contribution in [0.25, 0.3) is 0 Å². The summed E-state index contributed by atoms with van der Waals surface area (Å²) >= 11 is 12.5. The van der Waals surface area contributed by atoms with Gasteiger partial charge in [-0.25, -0.2) is 0 Å². The Bertz CT molecular complexity index is 719. The molecule has 0 unspecified atom stereocenters. The van der Waals surface area contributed by atoms with Crippen molar-refractivity contribution in [1.29, 1.82) is 0 Å². The van der Waals surface area contributed by atoms with E-state index in [1.54, 1.807) is 18.3 Å². The van der Waals surface area contributed by atoms with E-state index >= 15 is 0 Å². The van der Waals surface area contributed by atoms with Gasteiger partial charge in [0.25, 0.3) is 0 Å². The number of aromatic nitrogens is 2. The molecule has 0 saturated heterocycles. The SMILES string of the molecule is C[C@@H](Oc1nc(F)c(Cl)c(N)c1Cl)C(=O)SCc1ccccn1. The average molecular weight is 376 g/mol. The Morgan fingerprint density at radius 3 is 2.83 bits per heavy atom. The number of hydrogen-bond donors (Lipinski definition) is 1. The summed E-state index contributed by atoms with van der Waals surface area (Å²) in [6, 6.07) is 5.42. The van der Waals surface area contributed by atoms with E-state index in [9.17, 15) is 9.18 Å². The molecule has 0 aliphatic rings. The summed E-state index contributed by atoms with van der Waals surface area (Å²) in [5, 5.41) is -0.793. The highest BCUT2D eigenvalue weighted by Gasteiger charge is 2.21. The van der Waals surface area contributed by atoms with E-state index in [0.29, 0.717) is 5.75 Å². The average Bonchev–Trinajstić information content (AvgIpc) is 2.56. The summed E-state index contributed by atoms with van der Waals surface area (Å²) < 4.78 is 18.8. The summed E-state index contributed by atoms with van der Waals surface area (Å²) in [4.78, 5) is 19.6. The van der Waals surface area contributed by atoms with Gasteiger partial charge in [0.05, 0.1) is 11.4 Å². The molecule has 0 saturated carbocycles. The zero-order chi connectivity index (χ0) is 17.0. The van der Waals surface area contributed by atoms with Gasteiger partial charge in [-0.15, -0.1) is 0 Å². The zero-order valence-electron chi connectivity index (χ0n) is 11.9. The van der Waals surface area contributed by atoms with Gasteiger partial charge in [0.2, 0.25) is 16.9 Å². The fourth-order valence-electron chi connectivity index (χ4n) is 1.55. The number of thioether (sulfide) groups is 1. The number of ether oxygens (including phenoxy) is 1. The van der Waals surface area contributed by atoms with Gasteiger partial charge in [0, 0.05) is 11.9 Å². The van der Waals surface area contributed by atoms with E-state index < -0.39 is 12.1 Å². The highest BCUT2D eigenvalue weighted by molar-refractivity contribution is 8.13. The zero-order valence-corrected chi connectivity index (χ0v) is 14.3. The molecule has 2 N–H and O–H groups in total. The van der Waals surface area contributed by atoms with Crippen molar-refractivity contribution in [2.45, 2.75) is 18.8 Å². The van der Waals surface area contributed by atoms with E-state index in [4.69, 9.17) is 33.7 Å². The van der Waals surface area contributed by atoms with Gasteiger partial charge >= 0.3 is 0 Å². The lowest BCUT2D eigenvalue weighted by atomic mass is 10.4. The van der Waals surface area contributed by atoms with Crippen molar-refractivity contribution in [3.05, 3.63) is 46.1 Å². The molecule has 0 bridgehead atoms. The summed E-state index contributed by atoms with van der Waals surface area (Å²) in [6.45, 7) is 1.51. The van der Waals surface area contributed by atoms with Crippen molar-refractivity contribution >= 4 is 45.8 Å². The summed E-state index contributed by atoms with van der Waals surface area (Å²) in [5.41, 5.74) is 6.12. The highest BCUT2D eigenvalue weighted by atomic mass is 35.5. The molecule has 5 nitrogen and oxygen atoms in total. The van der Waals surface area contributed by atoms with Gasteiger partial charge in [-0.05, 0) is 19.1 Å². The molecule has 0 aliphatic carbocycles. The Balaban J connectivity index is 2.01. The van der Waals surface area contributed by atoms with E-state index in [1.165, 1.54) is 6.92 Å². The van der Waals surface area contributed by atoms with Crippen LogP contribution in [0.15, 0.2) is 24.4 Å². The first-order valence-electron chi connectivity index (χ1n) is 6.43. The number of hydrogen-bond acceptors (Lipinski definition) is 6. The second-order valence-corrected chi connectivity index (χ2v) is 6.17. The number of nitrogen functional groups attached to an aromatic ring is 1. The lowest BCUT2D eigenvalue weighted by molar-refractivity contribution is -0.116. The third-order valence-corrected chi connectivity index (χ3v) is 4.53. The van der Waals surface area contributed by atoms with Crippen molar-refractivity contribution in [3.8, 4) is 5.88 Å². The quantitative estimate of drug-likeness (QED) is 0.802. The molecule has 2 heterocycles. The second-order valence-electron chi connectivity index (χ2n) is 4.44. The Morgan fingerprint density at radius 2 is 2.17 bits per heavy atom. The summed E-state index contributed by atoms with van der Waals surface area (Å²) in [6.07, 6.45) is 0.747. The minimum absolute atomic E-state index is 0.134. The molecule has 2 rings (SSSR count). The van der Waals surface area contributed by atoms with Gasteiger partial charge in [-0.3, -0.25) is 9.78 Å². The Hall–Kier alpha value is -1.57. The van der Waals surface area contributed by atoms with Crippen LogP contribution in [0.2, 0.25) is 10.0 Å². The maximum atomic E-state index is 13.5. The number of pyridine rings is 2. The maximum Gasteiger partial charge on any atom is 0.238 e. The lowest BCUT2D eigenvalue weighted by Gasteiger charge is -2.14. The third kappa shape index (κ3) is 4.46. The standard InChI is InChI=1S/C14H12Cl2FN3O2S/c1-7(14(21)23-6-8-4-2-3-5-19-8)22-13-10(16)11(18)9(15)12(17)20-13/h2-5,7H,6H2,1H3,(H2,18,20)/t7-/m1/s1. The Labute approximate surface area is 146 Å². The van der Waals surface area contributed by atoms with Gasteiger partial charge < -0.3 is 10.5 Å². The predicted octanol–water partition coefficient (Wildman–Crippen LogP) is 3.73. The van der Waals surface area contributed by atoms with Crippen molar-refractivity contribution in [2.24, 2.45) is 0 Å². The number of carbonyl (C=O) groups excluding carboxylic acids is 1. The van der Waals surface area contributed by atoms with Crippen LogP contribution in [-0.2, 0) is 10.5 Å². The summed E-state index contributed by atoms with van der Waals surface area (Å²) in [5.74, 6) is -0.888. The van der Waals surface area contributed by atoms with Crippen LogP contribution in [0, 0.1) is 5.95 Å².